The standard InChI is InChI=1S/C34H36O8/c1-37-23-11-7-20(8-12-23)27-16-22-15-25(39-3)19-30(42-6)32(22)34(36,33(35)21-9-13-24(38-2)14-10-21)28-17-26(40-4)18-29(41-5)31(27)28/h7-15,17-19,27,33,35-36H,16H2,1-6H3/t27-,33+,34-/m0/s1. The van der Waals surface area contributed by atoms with Crippen molar-refractivity contribution in [3.8, 4) is 34.5 Å². The number of benzene rings is 4. The van der Waals surface area contributed by atoms with E-state index in [1.807, 2.05) is 30.3 Å². The summed E-state index contributed by atoms with van der Waals surface area (Å²) in [7, 11) is 9.46. The second kappa shape index (κ2) is 11.8. The minimum Gasteiger partial charge on any atom is -0.497 e. The zero-order chi connectivity index (χ0) is 30.0. The number of hydrogen-bond donors (Lipinski definition) is 2. The van der Waals surface area contributed by atoms with Crippen LogP contribution in [0.2, 0.25) is 0 Å². The van der Waals surface area contributed by atoms with Crippen molar-refractivity contribution >= 4 is 0 Å². The molecule has 5 rings (SSSR count). The number of ether oxygens (including phenoxy) is 6. The monoisotopic (exact) mass is 572 g/mol. The van der Waals surface area contributed by atoms with Gasteiger partial charge in [0.2, 0.25) is 0 Å². The molecule has 4 aromatic rings. The van der Waals surface area contributed by atoms with E-state index in [2.05, 4.69) is 0 Å². The molecule has 0 fully saturated rings. The molecule has 0 heterocycles. The van der Waals surface area contributed by atoms with E-state index in [0.29, 0.717) is 51.9 Å². The molecule has 0 spiro atoms. The lowest BCUT2D eigenvalue weighted by Crippen LogP contribution is -2.36. The number of fused-ring (bicyclic) bond motifs is 2. The van der Waals surface area contributed by atoms with Crippen molar-refractivity contribution in [1.29, 1.82) is 0 Å². The lowest BCUT2D eigenvalue weighted by atomic mass is 9.75. The molecule has 0 radical (unpaired) electrons. The van der Waals surface area contributed by atoms with Gasteiger partial charge in [0.05, 0.1) is 42.7 Å². The topological polar surface area (TPSA) is 95.8 Å². The van der Waals surface area contributed by atoms with Gasteiger partial charge in [-0.05, 0) is 59.5 Å². The first-order valence-corrected chi connectivity index (χ1v) is 13.5. The average Bonchev–Trinajstić information content (AvgIpc) is 3.16. The van der Waals surface area contributed by atoms with E-state index in [1.165, 1.54) is 7.11 Å². The third kappa shape index (κ3) is 4.86. The first-order chi connectivity index (χ1) is 20.3. The Bertz CT molecular complexity index is 1550. The summed E-state index contributed by atoms with van der Waals surface area (Å²) in [6.07, 6.45) is -0.975. The average molecular weight is 573 g/mol. The van der Waals surface area contributed by atoms with Crippen LogP contribution in [0.15, 0.2) is 72.8 Å². The van der Waals surface area contributed by atoms with E-state index in [4.69, 9.17) is 28.4 Å². The summed E-state index contributed by atoms with van der Waals surface area (Å²) in [5.74, 6) is 2.99. The van der Waals surface area contributed by atoms with Crippen LogP contribution < -0.4 is 28.4 Å². The van der Waals surface area contributed by atoms with E-state index in [9.17, 15) is 10.2 Å². The molecule has 8 heteroatoms. The van der Waals surface area contributed by atoms with Crippen molar-refractivity contribution in [2.45, 2.75) is 24.0 Å². The van der Waals surface area contributed by atoms with Gasteiger partial charge in [0.1, 0.15) is 46.2 Å². The lowest BCUT2D eigenvalue weighted by molar-refractivity contribution is -0.0536. The highest BCUT2D eigenvalue weighted by atomic mass is 16.5. The lowest BCUT2D eigenvalue weighted by Gasteiger charge is -2.37. The van der Waals surface area contributed by atoms with Crippen molar-refractivity contribution in [3.63, 3.8) is 0 Å². The Balaban J connectivity index is 1.90. The fraction of sp³-hybridized carbons (Fsp3) is 0.294. The van der Waals surface area contributed by atoms with Crippen LogP contribution in [-0.2, 0) is 12.0 Å². The van der Waals surface area contributed by atoms with Crippen LogP contribution >= 0.6 is 0 Å². The molecule has 1 aliphatic rings. The van der Waals surface area contributed by atoms with Crippen LogP contribution in [0.25, 0.3) is 0 Å². The van der Waals surface area contributed by atoms with E-state index in [0.717, 1.165) is 22.4 Å². The highest BCUT2D eigenvalue weighted by Gasteiger charge is 2.49. The van der Waals surface area contributed by atoms with Crippen LogP contribution in [-0.4, -0.2) is 52.9 Å². The van der Waals surface area contributed by atoms with E-state index >= 15 is 0 Å². The number of rotatable bonds is 9. The van der Waals surface area contributed by atoms with E-state index in [-0.39, 0.29) is 5.92 Å². The van der Waals surface area contributed by atoms with Gasteiger partial charge < -0.3 is 38.6 Å². The molecule has 0 aromatic heterocycles. The molecule has 0 bridgehead atoms. The zero-order valence-electron chi connectivity index (χ0n) is 24.6. The molecule has 1 aliphatic carbocycles. The van der Waals surface area contributed by atoms with E-state index in [1.54, 1.807) is 78.0 Å². The smallest absolute Gasteiger partial charge is 0.149 e. The zero-order valence-corrected chi connectivity index (χ0v) is 24.6. The Morgan fingerprint density at radius 1 is 0.643 bits per heavy atom. The van der Waals surface area contributed by atoms with Crippen molar-refractivity contribution in [2.75, 3.05) is 42.7 Å². The predicted octanol–water partition coefficient (Wildman–Crippen LogP) is 5.40. The molecular formula is C34H36O8. The summed E-state index contributed by atoms with van der Waals surface area (Å²) in [6.45, 7) is 0. The maximum Gasteiger partial charge on any atom is 0.149 e. The summed E-state index contributed by atoms with van der Waals surface area (Å²) in [5, 5.41) is 25.3. The minimum absolute atomic E-state index is 0.292. The molecule has 3 atom stereocenters. The quantitative estimate of drug-likeness (QED) is 0.276. The van der Waals surface area contributed by atoms with Gasteiger partial charge >= 0.3 is 0 Å². The molecule has 0 saturated carbocycles. The van der Waals surface area contributed by atoms with Gasteiger partial charge in [-0.1, -0.05) is 24.3 Å². The Kier molecular flexibility index (Phi) is 8.20. The van der Waals surface area contributed by atoms with Gasteiger partial charge in [-0.3, -0.25) is 0 Å². The molecular weight excluding hydrogens is 536 g/mol. The molecule has 0 aliphatic heterocycles. The fourth-order valence-corrected chi connectivity index (χ4v) is 5.97. The molecule has 42 heavy (non-hydrogen) atoms. The molecule has 8 nitrogen and oxygen atoms in total. The molecule has 0 saturated heterocycles. The number of methoxy groups -OCH3 is 6. The minimum atomic E-state index is -2.00. The maximum atomic E-state index is 13.1. The van der Waals surface area contributed by atoms with Crippen molar-refractivity contribution in [2.24, 2.45) is 0 Å². The summed E-state index contributed by atoms with van der Waals surface area (Å²) in [4.78, 5) is 0. The second-order valence-electron chi connectivity index (χ2n) is 10.1. The SMILES string of the molecule is COc1ccc([C@@H]2Cc3cc(OC)cc(OC)c3[C@](O)([C@H](O)c3ccc(OC)cc3)c3cc(OC)cc(OC)c32)cc1. The number of aliphatic hydroxyl groups is 2. The van der Waals surface area contributed by atoms with Crippen LogP contribution in [0.3, 0.4) is 0 Å². The van der Waals surface area contributed by atoms with Gasteiger partial charge in [0.25, 0.3) is 0 Å². The third-order valence-corrected chi connectivity index (χ3v) is 8.09. The Morgan fingerprint density at radius 3 is 1.71 bits per heavy atom. The predicted molar refractivity (Wildman–Crippen MR) is 159 cm³/mol. The third-order valence-electron chi connectivity index (χ3n) is 8.09. The van der Waals surface area contributed by atoms with Crippen molar-refractivity contribution in [3.05, 3.63) is 106 Å². The van der Waals surface area contributed by atoms with Gasteiger partial charge in [-0.2, -0.15) is 0 Å². The Labute approximate surface area is 246 Å². The highest BCUT2D eigenvalue weighted by Crippen LogP contribution is 2.56. The summed E-state index contributed by atoms with van der Waals surface area (Å²) < 4.78 is 33.9. The first-order valence-electron chi connectivity index (χ1n) is 13.5. The largest absolute Gasteiger partial charge is 0.497 e. The highest BCUT2D eigenvalue weighted by molar-refractivity contribution is 5.64. The van der Waals surface area contributed by atoms with Gasteiger partial charge in [0.15, 0.2) is 0 Å². The normalized spacial score (nSPS) is 18.1. The summed E-state index contributed by atoms with van der Waals surface area (Å²) >= 11 is 0. The van der Waals surface area contributed by atoms with Crippen LogP contribution in [0.1, 0.15) is 45.4 Å². The van der Waals surface area contributed by atoms with Crippen LogP contribution in [0.5, 0.6) is 34.5 Å². The van der Waals surface area contributed by atoms with Gasteiger partial charge in [0, 0.05) is 34.7 Å². The van der Waals surface area contributed by atoms with E-state index < -0.39 is 11.7 Å². The Morgan fingerprint density at radius 2 is 1.17 bits per heavy atom. The fourth-order valence-electron chi connectivity index (χ4n) is 5.97. The molecule has 2 N–H and O–H groups in total. The second-order valence-corrected chi connectivity index (χ2v) is 10.1. The van der Waals surface area contributed by atoms with Crippen LogP contribution in [0, 0.1) is 0 Å². The molecule has 0 amide bonds. The van der Waals surface area contributed by atoms with Gasteiger partial charge in [-0.15, -0.1) is 0 Å². The summed E-state index contributed by atoms with van der Waals surface area (Å²) in [5.41, 5.74) is 1.79. The van der Waals surface area contributed by atoms with Crippen molar-refractivity contribution < 1.29 is 38.6 Å². The molecule has 0 unspecified atom stereocenters. The summed E-state index contributed by atoms with van der Waals surface area (Å²) in [6, 6.07) is 21.9. The maximum absolute atomic E-state index is 13.1. The molecule has 220 valence electrons. The van der Waals surface area contributed by atoms with Crippen molar-refractivity contribution in [1.82, 2.24) is 0 Å². The first kappa shape index (κ1) is 29.1. The van der Waals surface area contributed by atoms with Crippen LogP contribution in [0.4, 0.5) is 0 Å². The number of hydrogen-bond acceptors (Lipinski definition) is 8. The molecule has 4 aromatic carbocycles. The Hall–Kier alpha value is -4.40. The van der Waals surface area contributed by atoms with Gasteiger partial charge in [-0.25, -0.2) is 0 Å². The number of aliphatic hydroxyl groups excluding tert-OH is 1.